The van der Waals surface area contributed by atoms with E-state index in [1.54, 1.807) is 17.6 Å². The Morgan fingerprint density at radius 2 is 2.07 bits per heavy atom. The van der Waals surface area contributed by atoms with Crippen LogP contribution in [-0.4, -0.2) is 21.5 Å². The van der Waals surface area contributed by atoms with Gasteiger partial charge in [0.1, 0.15) is 6.61 Å². The number of esters is 2. The second kappa shape index (κ2) is 6.40. The van der Waals surface area contributed by atoms with E-state index in [4.69, 9.17) is 26.1 Å². The van der Waals surface area contributed by atoms with E-state index < -0.39 is 17.5 Å². The van der Waals surface area contributed by atoms with E-state index in [1.165, 1.54) is 6.92 Å². The molecule has 0 N–H and O–H groups in total. The van der Waals surface area contributed by atoms with Gasteiger partial charge in [-0.15, -0.1) is 0 Å². The van der Waals surface area contributed by atoms with E-state index in [2.05, 4.69) is 0 Å². The highest BCUT2D eigenvalue weighted by Crippen LogP contribution is 2.42. The third-order valence-electron chi connectivity index (χ3n) is 5.81. The van der Waals surface area contributed by atoms with E-state index in [-0.39, 0.29) is 25.1 Å². The van der Waals surface area contributed by atoms with Crippen LogP contribution in [-0.2, 0) is 37.8 Å². The van der Waals surface area contributed by atoms with Crippen LogP contribution in [0.3, 0.4) is 0 Å². The number of carbonyl (C=O) groups excluding carboxylic acids is 2. The van der Waals surface area contributed by atoms with Crippen LogP contribution < -0.4 is 5.56 Å². The lowest BCUT2D eigenvalue weighted by atomic mass is 9.85. The predicted octanol–water partition coefficient (Wildman–Crippen LogP) is 3.30. The van der Waals surface area contributed by atoms with E-state index in [1.807, 2.05) is 24.3 Å². The first-order valence-electron chi connectivity index (χ1n) is 9.59. The van der Waals surface area contributed by atoms with Gasteiger partial charge in [-0.25, -0.2) is 9.78 Å². The maximum absolute atomic E-state index is 13.3. The summed E-state index contributed by atoms with van der Waals surface area (Å²) in [4.78, 5) is 42.6. The van der Waals surface area contributed by atoms with Crippen LogP contribution in [0, 0.1) is 0 Å². The molecule has 0 fully saturated rings. The van der Waals surface area contributed by atoms with E-state index in [0.29, 0.717) is 33.1 Å². The fourth-order valence-electron chi connectivity index (χ4n) is 4.38. The van der Waals surface area contributed by atoms with Gasteiger partial charge in [-0.2, -0.15) is 0 Å². The van der Waals surface area contributed by atoms with Crippen molar-refractivity contribution < 1.29 is 19.1 Å². The lowest BCUT2D eigenvalue weighted by Gasteiger charge is -2.35. The second-order valence-electron chi connectivity index (χ2n) is 7.43. The van der Waals surface area contributed by atoms with Crippen LogP contribution in [0.4, 0.5) is 0 Å². The Morgan fingerprint density at radius 3 is 2.80 bits per heavy atom. The molecule has 1 atom stereocenters. The predicted molar refractivity (Wildman–Crippen MR) is 109 cm³/mol. The molecule has 5 rings (SSSR count). The number of benzene rings is 1. The Hall–Kier alpha value is -3.19. The fourth-order valence-corrected chi connectivity index (χ4v) is 4.69. The summed E-state index contributed by atoms with van der Waals surface area (Å²) < 4.78 is 12.3. The second-order valence-corrected chi connectivity index (χ2v) is 7.81. The molecule has 30 heavy (non-hydrogen) atoms. The smallest absolute Gasteiger partial charge is 0.355 e. The average molecular weight is 425 g/mol. The van der Waals surface area contributed by atoms with Crippen molar-refractivity contribution in [1.82, 2.24) is 9.55 Å². The third kappa shape index (κ3) is 2.38. The summed E-state index contributed by atoms with van der Waals surface area (Å²) in [6.07, 6.45) is 0.139. The van der Waals surface area contributed by atoms with E-state index in [9.17, 15) is 14.4 Å². The molecule has 2 aliphatic rings. The van der Waals surface area contributed by atoms with Crippen LogP contribution >= 0.6 is 11.6 Å². The summed E-state index contributed by atoms with van der Waals surface area (Å²) in [7, 11) is 0. The standard InChI is InChI=1S/C22H17ClN2O5/c1-3-22(30-11(2)26)15-8-17-19-13(18(23)12-6-4-5-7-16(12)24-19)9-25(17)20(27)14(15)10-29-21(22)28/h4-8H,3,9-10H2,1-2H3/t22-/m0/s1. The van der Waals surface area contributed by atoms with Crippen LogP contribution in [0.15, 0.2) is 35.1 Å². The summed E-state index contributed by atoms with van der Waals surface area (Å²) in [5.74, 6) is -1.31. The Balaban J connectivity index is 1.82. The van der Waals surface area contributed by atoms with E-state index >= 15 is 0 Å². The first kappa shape index (κ1) is 18.8. The number of para-hydroxylation sites is 1. The molecular weight excluding hydrogens is 408 g/mol. The zero-order chi connectivity index (χ0) is 21.2. The molecule has 2 aliphatic heterocycles. The van der Waals surface area contributed by atoms with E-state index in [0.717, 1.165) is 10.9 Å². The van der Waals surface area contributed by atoms with Gasteiger partial charge >= 0.3 is 11.9 Å². The summed E-state index contributed by atoms with van der Waals surface area (Å²) in [5, 5.41) is 1.36. The maximum Gasteiger partial charge on any atom is 0.355 e. The monoisotopic (exact) mass is 424 g/mol. The van der Waals surface area contributed by atoms with Gasteiger partial charge in [-0.1, -0.05) is 36.7 Å². The largest absolute Gasteiger partial charge is 0.457 e. The zero-order valence-corrected chi connectivity index (χ0v) is 17.1. The topological polar surface area (TPSA) is 87.5 Å². The minimum absolute atomic E-state index is 0.139. The number of fused-ring (bicyclic) bond motifs is 5. The van der Waals surface area contributed by atoms with Crippen molar-refractivity contribution in [3.63, 3.8) is 0 Å². The molecule has 0 amide bonds. The van der Waals surface area contributed by atoms with Crippen molar-refractivity contribution >= 4 is 34.4 Å². The number of cyclic esters (lactones) is 1. The van der Waals surface area contributed by atoms with Crippen LogP contribution in [0.1, 0.15) is 37.0 Å². The highest BCUT2D eigenvalue weighted by Gasteiger charge is 2.50. The highest BCUT2D eigenvalue weighted by atomic mass is 35.5. The van der Waals surface area contributed by atoms with Crippen molar-refractivity contribution in [3.8, 4) is 11.4 Å². The molecular formula is C22H17ClN2O5. The van der Waals surface area contributed by atoms with Crippen molar-refractivity contribution in [2.24, 2.45) is 0 Å². The third-order valence-corrected chi connectivity index (χ3v) is 6.24. The number of hydrogen-bond donors (Lipinski definition) is 0. The summed E-state index contributed by atoms with van der Waals surface area (Å²) in [6.45, 7) is 3.03. The van der Waals surface area contributed by atoms with Crippen LogP contribution in [0.2, 0.25) is 5.02 Å². The maximum atomic E-state index is 13.3. The number of rotatable bonds is 2. The molecule has 0 spiro atoms. The molecule has 3 aromatic rings. The molecule has 0 bridgehead atoms. The minimum Gasteiger partial charge on any atom is -0.457 e. The first-order valence-corrected chi connectivity index (χ1v) is 9.96. The quantitative estimate of drug-likeness (QED) is 0.459. The Bertz CT molecular complexity index is 1330. The van der Waals surface area contributed by atoms with Gasteiger partial charge in [0.15, 0.2) is 0 Å². The number of pyridine rings is 2. The minimum atomic E-state index is -1.66. The molecule has 4 heterocycles. The summed E-state index contributed by atoms with van der Waals surface area (Å²) in [5.41, 5.74) is 1.28. The molecule has 0 radical (unpaired) electrons. The normalized spacial score (nSPS) is 19.1. The van der Waals surface area contributed by atoms with Crippen molar-refractivity contribution in [1.29, 1.82) is 0 Å². The molecule has 2 aromatic heterocycles. The number of nitrogens with zero attached hydrogens (tertiary/aromatic N) is 2. The van der Waals surface area contributed by atoms with Crippen molar-refractivity contribution in [3.05, 3.63) is 62.4 Å². The number of aromatic nitrogens is 2. The Kier molecular flexibility index (Phi) is 4.02. The fraction of sp³-hybridized carbons (Fsp3) is 0.273. The Morgan fingerprint density at radius 1 is 1.30 bits per heavy atom. The molecule has 0 saturated carbocycles. The first-order chi connectivity index (χ1) is 14.4. The lowest BCUT2D eigenvalue weighted by Crippen LogP contribution is -2.47. The van der Waals surface area contributed by atoms with Gasteiger partial charge in [-0.3, -0.25) is 9.59 Å². The molecule has 7 nitrogen and oxygen atoms in total. The summed E-state index contributed by atoms with van der Waals surface area (Å²) in [6, 6.07) is 9.20. The molecule has 8 heteroatoms. The van der Waals surface area contributed by atoms with Crippen LogP contribution in [0.5, 0.6) is 0 Å². The Labute approximate surface area is 176 Å². The number of halogens is 1. The SMILES string of the molecule is CC[C@@]1(OC(C)=O)C(=O)OCc2c1cc1n(c2=O)Cc2c-1nc1ccccc1c2Cl. The molecule has 0 aliphatic carbocycles. The van der Waals surface area contributed by atoms with Gasteiger partial charge in [0.25, 0.3) is 5.56 Å². The molecule has 0 saturated heterocycles. The highest BCUT2D eigenvalue weighted by molar-refractivity contribution is 6.36. The number of carbonyl (C=O) groups is 2. The van der Waals surface area contributed by atoms with Crippen LogP contribution in [0.25, 0.3) is 22.3 Å². The number of hydrogen-bond acceptors (Lipinski definition) is 6. The number of ether oxygens (including phenoxy) is 2. The van der Waals surface area contributed by atoms with Gasteiger partial charge in [0, 0.05) is 23.4 Å². The molecule has 1 aromatic carbocycles. The van der Waals surface area contributed by atoms with Gasteiger partial charge in [-0.05, 0) is 18.6 Å². The average Bonchev–Trinajstić information content (AvgIpc) is 3.10. The molecule has 0 unspecified atom stereocenters. The van der Waals surface area contributed by atoms with Crippen molar-refractivity contribution in [2.45, 2.75) is 39.0 Å². The van der Waals surface area contributed by atoms with Gasteiger partial charge in [0.05, 0.1) is 34.0 Å². The van der Waals surface area contributed by atoms with Gasteiger partial charge < -0.3 is 14.0 Å². The lowest BCUT2D eigenvalue weighted by molar-refractivity contribution is -0.188. The summed E-state index contributed by atoms with van der Waals surface area (Å²) >= 11 is 6.66. The molecule has 152 valence electrons. The zero-order valence-electron chi connectivity index (χ0n) is 16.3. The van der Waals surface area contributed by atoms with Crippen molar-refractivity contribution in [2.75, 3.05) is 0 Å². The van der Waals surface area contributed by atoms with Gasteiger partial charge in [0.2, 0.25) is 5.60 Å².